The van der Waals surface area contributed by atoms with Gasteiger partial charge >= 0.3 is 6.03 Å². The molecule has 0 radical (unpaired) electrons. The molecule has 9 heteroatoms. The molecule has 1 aromatic heterocycles. The number of fused-ring (bicyclic) bond motifs is 3. The minimum atomic E-state index is -0.700. The summed E-state index contributed by atoms with van der Waals surface area (Å²) in [6.45, 7) is 4.57. The number of amides is 4. The van der Waals surface area contributed by atoms with Crippen LogP contribution in [-0.4, -0.2) is 76.0 Å². The van der Waals surface area contributed by atoms with Crippen LogP contribution < -0.4 is 5.32 Å². The lowest BCUT2D eigenvalue weighted by molar-refractivity contribution is -0.158. The number of carbonyl (C=O) groups excluding carboxylic acids is 3. The van der Waals surface area contributed by atoms with Gasteiger partial charge in [0.1, 0.15) is 17.8 Å². The fourth-order valence-electron chi connectivity index (χ4n) is 6.13. The van der Waals surface area contributed by atoms with E-state index in [1.54, 1.807) is 23.2 Å². The largest absolute Gasteiger partial charge is 0.464 e. The summed E-state index contributed by atoms with van der Waals surface area (Å²) in [5.41, 5.74) is 2.76. The van der Waals surface area contributed by atoms with E-state index in [9.17, 15) is 14.4 Å². The fraction of sp³-hybridized carbons (Fsp3) is 0.323. The summed E-state index contributed by atoms with van der Waals surface area (Å²) in [5, 5.41) is 9.28. The van der Waals surface area contributed by atoms with Crippen LogP contribution in [0, 0.1) is 0 Å². The van der Waals surface area contributed by atoms with Crippen LogP contribution in [0.3, 0.4) is 0 Å². The Morgan fingerprint density at radius 2 is 1.85 bits per heavy atom. The number of nitrogens with one attached hydrogen (secondary N) is 1. The third kappa shape index (κ3) is 4.46. The summed E-state index contributed by atoms with van der Waals surface area (Å²) in [5.74, 6) is -0.255. The van der Waals surface area contributed by atoms with E-state index >= 15 is 0 Å². The summed E-state index contributed by atoms with van der Waals surface area (Å²) in [6, 6.07) is 20.8. The van der Waals surface area contributed by atoms with E-state index in [1.165, 1.54) is 0 Å². The van der Waals surface area contributed by atoms with E-state index in [4.69, 9.17) is 4.42 Å². The van der Waals surface area contributed by atoms with Crippen molar-refractivity contribution in [3.8, 4) is 0 Å². The van der Waals surface area contributed by atoms with Gasteiger partial charge in [-0.15, -0.1) is 0 Å². The van der Waals surface area contributed by atoms with Crippen LogP contribution in [0.2, 0.25) is 0 Å². The molecule has 40 heavy (non-hydrogen) atoms. The second kappa shape index (κ2) is 10.3. The Balaban J connectivity index is 1.39. The fourth-order valence-corrected chi connectivity index (χ4v) is 6.13. The maximum absolute atomic E-state index is 14.2. The van der Waals surface area contributed by atoms with Gasteiger partial charge in [0.25, 0.3) is 0 Å². The van der Waals surface area contributed by atoms with E-state index in [0.717, 1.165) is 32.9 Å². The Morgan fingerprint density at radius 1 is 1.05 bits per heavy atom. The predicted octanol–water partition coefficient (Wildman–Crippen LogP) is 3.97. The smallest absolute Gasteiger partial charge is 0.331 e. The molecule has 2 aliphatic rings. The van der Waals surface area contributed by atoms with Crippen LogP contribution in [0.25, 0.3) is 21.7 Å². The molecular formula is C31H33N5O4. The molecule has 206 valence electrons. The lowest BCUT2D eigenvalue weighted by atomic mass is 9.98. The Bertz CT molecular complexity index is 1590. The van der Waals surface area contributed by atoms with E-state index in [2.05, 4.69) is 23.5 Å². The van der Waals surface area contributed by atoms with Crippen molar-refractivity contribution in [2.75, 3.05) is 20.1 Å². The average Bonchev–Trinajstić information content (AvgIpc) is 3.54. The van der Waals surface area contributed by atoms with Crippen LogP contribution in [0.5, 0.6) is 0 Å². The monoisotopic (exact) mass is 539 g/mol. The van der Waals surface area contributed by atoms with Crippen molar-refractivity contribution in [2.24, 2.45) is 0 Å². The number of hydrogen-bond donors (Lipinski definition) is 1. The normalized spacial score (nSPS) is 19.6. The van der Waals surface area contributed by atoms with Crippen molar-refractivity contribution < 1.29 is 18.8 Å². The molecule has 3 heterocycles. The zero-order valence-corrected chi connectivity index (χ0v) is 22.9. The molecule has 0 aliphatic carbocycles. The van der Waals surface area contributed by atoms with E-state index in [0.29, 0.717) is 19.5 Å². The summed E-state index contributed by atoms with van der Waals surface area (Å²) in [4.78, 5) is 44.2. The third-order valence-corrected chi connectivity index (χ3v) is 7.94. The third-order valence-electron chi connectivity index (χ3n) is 7.94. The molecule has 0 spiro atoms. The van der Waals surface area contributed by atoms with Crippen molar-refractivity contribution in [1.82, 2.24) is 25.1 Å². The van der Waals surface area contributed by atoms with Crippen LogP contribution in [0.4, 0.5) is 4.79 Å². The number of benzene rings is 3. The van der Waals surface area contributed by atoms with Gasteiger partial charge in [0.15, 0.2) is 0 Å². The first-order valence-corrected chi connectivity index (χ1v) is 13.7. The van der Waals surface area contributed by atoms with Gasteiger partial charge in [-0.25, -0.2) is 4.79 Å². The zero-order valence-electron chi connectivity index (χ0n) is 22.9. The maximum atomic E-state index is 14.2. The molecule has 9 nitrogen and oxygen atoms in total. The quantitative estimate of drug-likeness (QED) is 0.401. The van der Waals surface area contributed by atoms with Gasteiger partial charge in [-0.05, 0) is 53.9 Å². The van der Waals surface area contributed by atoms with Crippen molar-refractivity contribution in [3.63, 3.8) is 0 Å². The predicted molar refractivity (Wildman–Crippen MR) is 152 cm³/mol. The summed E-state index contributed by atoms with van der Waals surface area (Å²) < 4.78 is 5.50. The molecule has 2 saturated heterocycles. The summed E-state index contributed by atoms with van der Waals surface area (Å²) >= 11 is 0. The second-order valence-electron chi connectivity index (χ2n) is 10.7. The van der Waals surface area contributed by atoms with Gasteiger partial charge < -0.3 is 19.5 Å². The van der Waals surface area contributed by atoms with Gasteiger partial charge in [0, 0.05) is 31.4 Å². The Labute approximate surface area is 232 Å². The van der Waals surface area contributed by atoms with Crippen molar-refractivity contribution >= 4 is 39.6 Å². The lowest BCUT2D eigenvalue weighted by Gasteiger charge is -2.47. The maximum Gasteiger partial charge on any atom is 0.331 e. The van der Waals surface area contributed by atoms with Gasteiger partial charge in [-0.3, -0.25) is 14.6 Å². The van der Waals surface area contributed by atoms with Gasteiger partial charge in [-0.1, -0.05) is 48.5 Å². The molecule has 0 unspecified atom stereocenters. The average molecular weight is 540 g/mol. The molecule has 0 saturated carbocycles. The number of carbonyl (C=O) groups is 3. The number of hydrazine groups is 1. The van der Waals surface area contributed by atoms with Crippen LogP contribution in [0.15, 0.2) is 77.4 Å². The highest BCUT2D eigenvalue weighted by Crippen LogP contribution is 2.32. The van der Waals surface area contributed by atoms with E-state index < -0.39 is 12.2 Å². The number of nitrogens with zero attached hydrogens (tertiary/aromatic N) is 4. The number of urea groups is 1. The van der Waals surface area contributed by atoms with Crippen molar-refractivity contribution in [3.05, 3.63) is 84.1 Å². The first-order valence-electron chi connectivity index (χ1n) is 13.7. The first kappa shape index (κ1) is 25.9. The highest BCUT2D eigenvalue weighted by atomic mass is 16.3. The summed E-state index contributed by atoms with van der Waals surface area (Å²) in [7, 11) is 1.58. The van der Waals surface area contributed by atoms with Gasteiger partial charge in [-0.2, -0.15) is 5.01 Å². The minimum absolute atomic E-state index is 0.0307. The van der Waals surface area contributed by atoms with Crippen molar-refractivity contribution in [2.45, 2.75) is 45.1 Å². The number of hydrogen-bond acceptors (Lipinski definition) is 5. The standard InChI is InChI=1S/C31H33N5O4/c1-20(2)36(31(39)32-3)34-19-29(37)35-26(16-21-11-12-27-23(15-21)13-14-40-27)30(38)33(18-28(34)35)17-24-9-6-8-22-7-4-5-10-25(22)24/h4-15,20,26,28H,16-19H2,1-3H3,(H,32,39)/t26-,28+/m0/s1. The molecule has 4 amide bonds. The Hall–Kier alpha value is -4.37. The topological polar surface area (TPSA) is 89.3 Å². The molecule has 1 N–H and O–H groups in total. The molecule has 0 bridgehead atoms. The highest BCUT2D eigenvalue weighted by molar-refractivity contribution is 5.92. The molecule has 4 aromatic rings. The van der Waals surface area contributed by atoms with Gasteiger partial charge in [0.2, 0.25) is 11.8 Å². The number of piperazine rings is 1. The van der Waals surface area contributed by atoms with E-state index in [-0.39, 0.29) is 30.4 Å². The minimum Gasteiger partial charge on any atom is -0.464 e. The second-order valence-corrected chi connectivity index (χ2v) is 10.7. The lowest BCUT2D eigenvalue weighted by Crippen LogP contribution is -2.66. The number of furan rings is 1. The Kier molecular flexibility index (Phi) is 6.67. The molecular weight excluding hydrogens is 506 g/mol. The van der Waals surface area contributed by atoms with Crippen LogP contribution >= 0.6 is 0 Å². The van der Waals surface area contributed by atoms with E-state index in [1.807, 2.05) is 72.3 Å². The molecule has 3 aromatic carbocycles. The highest BCUT2D eigenvalue weighted by Gasteiger charge is 2.52. The zero-order chi connectivity index (χ0) is 28.0. The molecule has 2 fully saturated rings. The van der Waals surface area contributed by atoms with Crippen molar-refractivity contribution in [1.29, 1.82) is 0 Å². The molecule has 2 aliphatic heterocycles. The van der Waals surface area contributed by atoms with Crippen LogP contribution in [-0.2, 0) is 22.6 Å². The number of rotatable bonds is 6. The SMILES string of the molecule is CNC(=O)N(C(C)C)N1CC(=O)N2[C@@H](Cc3ccc4occc4c3)C(=O)N(Cc3cccc4ccccc34)C[C@@H]21. The Morgan fingerprint density at radius 3 is 2.65 bits per heavy atom. The molecule has 2 atom stereocenters. The molecule has 6 rings (SSSR count). The first-order chi connectivity index (χ1) is 19.4. The van der Waals surface area contributed by atoms with Crippen LogP contribution in [0.1, 0.15) is 25.0 Å². The summed E-state index contributed by atoms with van der Waals surface area (Å²) in [6.07, 6.45) is 1.54. The van der Waals surface area contributed by atoms with Gasteiger partial charge in [0.05, 0.1) is 19.4 Å².